The number of hydrogen-bond donors (Lipinski definition) is 0. The summed E-state index contributed by atoms with van der Waals surface area (Å²) in [5.41, 5.74) is 1.01. The van der Waals surface area contributed by atoms with E-state index in [1.807, 2.05) is 31.2 Å². The third kappa shape index (κ3) is 3.65. The Morgan fingerprint density at radius 3 is 2.57 bits per heavy atom. The molecule has 1 amide bonds. The predicted octanol–water partition coefficient (Wildman–Crippen LogP) is 3.91. The van der Waals surface area contributed by atoms with E-state index in [1.165, 1.54) is 0 Å². The number of ether oxygens (including phenoxy) is 1. The van der Waals surface area contributed by atoms with E-state index in [0.29, 0.717) is 23.2 Å². The molecule has 0 aliphatic heterocycles. The Kier molecular flexibility index (Phi) is 5.04. The lowest BCUT2D eigenvalue weighted by atomic mass is 10.1. The van der Waals surface area contributed by atoms with Gasteiger partial charge in [0.2, 0.25) is 0 Å². The lowest BCUT2D eigenvalue weighted by molar-refractivity contribution is 0.0703. The fraction of sp³-hybridized carbons (Fsp3) is 0.312. The Morgan fingerprint density at radius 1 is 1.29 bits per heavy atom. The summed E-state index contributed by atoms with van der Waals surface area (Å²) >= 11 is 5.88. The van der Waals surface area contributed by atoms with Crippen LogP contribution in [0.2, 0.25) is 5.02 Å². The van der Waals surface area contributed by atoms with Crippen molar-refractivity contribution in [1.29, 1.82) is 0 Å². The zero-order valence-electron chi connectivity index (χ0n) is 12.3. The highest BCUT2D eigenvalue weighted by Crippen LogP contribution is 2.23. The maximum absolute atomic E-state index is 12.4. The van der Waals surface area contributed by atoms with E-state index in [0.717, 1.165) is 5.56 Å². The van der Waals surface area contributed by atoms with E-state index in [1.54, 1.807) is 31.2 Å². The molecule has 1 aromatic heterocycles. The molecule has 5 heteroatoms. The van der Waals surface area contributed by atoms with Crippen molar-refractivity contribution in [1.82, 2.24) is 4.90 Å². The quantitative estimate of drug-likeness (QED) is 0.841. The molecule has 0 N–H and O–H groups in total. The van der Waals surface area contributed by atoms with Crippen LogP contribution in [-0.4, -0.2) is 25.0 Å². The van der Waals surface area contributed by atoms with Crippen LogP contribution in [0.25, 0.3) is 0 Å². The molecular weight excluding hydrogens is 290 g/mol. The van der Waals surface area contributed by atoms with Gasteiger partial charge in [0.25, 0.3) is 5.91 Å². The van der Waals surface area contributed by atoms with Crippen molar-refractivity contribution in [3.05, 3.63) is 58.5 Å². The van der Waals surface area contributed by atoms with Crippen LogP contribution < -0.4 is 0 Å². The Bertz CT molecular complexity index is 606. The van der Waals surface area contributed by atoms with Crippen LogP contribution in [0, 0.1) is 0 Å². The van der Waals surface area contributed by atoms with Crippen LogP contribution in [0.3, 0.4) is 0 Å². The smallest absolute Gasteiger partial charge is 0.289 e. The molecule has 0 radical (unpaired) electrons. The third-order valence-corrected chi connectivity index (χ3v) is 3.66. The second-order valence-electron chi connectivity index (χ2n) is 4.84. The Hall–Kier alpha value is -1.78. The summed E-state index contributed by atoms with van der Waals surface area (Å²) in [4.78, 5) is 14.0. The largest absolute Gasteiger partial charge is 0.453 e. The van der Waals surface area contributed by atoms with Gasteiger partial charge in [0, 0.05) is 19.2 Å². The zero-order chi connectivity index (χ0) is 15.4. The summed E-state index contributed by atoms with van der Waals surface area (Å²) in [5.74, 6) is 0.776. The van der Waals surface area contributed by atoms with Gasteiger partial charge in [-0.15, -0.1) is 0 Å². The van der Waals surface area contributed by atoms with Crippen LogP contribution in [0.15, 0.2) is 40.8 Å². The lowest BCUT2D eigenvalue weighted by Gasteiger charge is -2.24. The minimum Gasteiger partial charge on any atom is -0.453 e. The van der Waals surface area contributed by atoms with E-state index >= 15 is 0 Å². The van der Waals surface area contributed by atoms with Crippen molar-refractivity contribution < 1.29 is 13.9 Å². The fourth-order valence-corrected chi connectivity index (χ4v) is 2.15. The molecule has 1 unspecified atom stereocenters. The average molecular weight is 308 g/mol. The maximum atomic E-state index is 12.4. The normalized spacial score (nSPS) is 12.2. The van der Waals surface area contributed by atoms with E-state index in [2.05, 4.69) is 0 Å². The number of benzene rings is 1. The number of hydrogen-bond acceptors (Lipinski definition) is 3. The predicted molar refractivity (Wildman–Crippen MR) is 81.4 cm³/mol. The second kappa shape index (κ2) is 6.78. The molecule has 4 nitrogen and oxygen atoms in total. The van der Waals surface area contributed by atoms with E-state index < -0.39 is 0 Å². The first kappa shape index (κ1) is 15.6. The highest BCUT2D eigenvalue weighted by Gasteiger charge is 2.21. The molecule has 0 bridgehead atoms. The van der Waals surface area contributed by atoms with Crippen molar-refractivity contribution in [2.75, 3.05) is 14.2 Å². The van der Waals surface area contributed by atoms with Gasteiger partial charge in [-0.05, 0) is 36.8 Å². The van der Waals surface area contributed by atoms with Gasteiger partial charge in [-0.3, -0.25) is 4.79 Å². The van der Waals surface area contributed by atoms with Gasteiger partial charge in [-0.25, -0.2) is 0 Å². The minimum absolute atomic E-state index is 0.0780. The topological polar surface area (TPSA) is 42.7 Å². The third-order valence-electron chi connectivity index (χ3n) is 3.41. The zero-order valence-corrected chi connectivity index (χ0v) is 13.1. The standard InChI is InChI=1S/C16H18ClNO3/c1-11(12-4-6-13(17)7-5-12)18(2)16(19)15-9-8-14(21-15)10-20-3/h4-9,11H,10H2,1-3H3. The molecule has 2 aromatic rings. The summed E-state index contributed by atoms with van der Waals surface area (Å²) < 4.78 is 10.5. The minimum atomic E-state index is -0.167. The van der Waals surface area contributed by atoms with Crippen molar-refractivity contribution in [3.63, 3.8) is 0 Å². The number of halogens is 1. The molecule has 21 heavy (non-hydrogen) atoms. The van der Waals surface area contributed by atoms with Gasteiger partial charge < -0.3 is 14.1 Å². The Labute approximate surface area is 129 Å². The van der Waals surface area contributed by atoms with Crippen molar-refractivity contribution in [2.45, 2.75) is 19.6 Å². The van der Waals surface area contributed by atoms with Crippen LogP contribution in [-0.2, 0) is 11.3 Å². The number of methoxy groups -OCH3 is 1. The van der Waals surface area contributed by atoms with Gasteiger partial charge in [-0.2, -0.15) is 0 Å². The molecule has 0 spiro atoms. The van der Waals surface area contributed by atoms with Gasteiger partial charge >= 0.3 is 0 Å². The molecule has 1 atom stereocenters. The monoisotopic (exact) mass is 307 g/mol. The Balaban J connectivity index is 2.12. The summed E-state index contributed by atoms with van der Waals surface area (Å²) in [5, 5.41) is 0.676. The first-order valence-corrected chi connectivity index (χ1v) is 7.01. The van der Waals surface area contributed by atoms with Crippen molar-refractivity contribution >= 4 is 17.5 Å². The number of furan rings is 1. The summed E-state index contributed by atoms with van der Waals surface area (Å²) in [7, 11) is 3.33. The van der Waals surface area contributed by atoms with Gasteiger partial charge in [0.15, 0.2) is 5.76 Å². The molecule has 0 aliphatic carbocycles. The van der Waals surface area contributed by atoms with Crippen LogP contribution >= 0.6 is 11.6 Å². The van der Waals surface area contributed by atoms with E-state index in [-0.39, 0.29) is 11.9 Å². The van der Waals surface area contributed by atoms with Gasteiger partial charge in [0.05, 0.1) is 6.04 Å². The summed E-state index contributed by atoms with van der Waals surface area (Å²) in [6.45, 7) is 2.31. The SMILES string of the molecule is COCc1ccc(C(=O)N(C)C(C)c2ccc(Cl)cc2)o1. The highest BCUT2D eigenvalue weighted by atomic mass is 35.5. The summed E-state index contributed by atoms with van der Waals surface area (Å²) in [6.07, 6.45) is 0. The Morgan fingerprint density at radius 2 is 1.95 bits per heavy atom. The highest BCUT2D eigenvalue weighted by molar-refractivity contribution is 6.30. The molecule has 0 fully saturated rings. The lowest BCUT2D eigenvalue weighted by Crippen LogP contribution is -2.29. The molecule has 0 aliphatic rings. The number of carbonyl (C=O) groups is 1. The van der Waals surface area contributed by atoms with Gasteiger partial charge in [0.1, 0.15) is 12.4 Å². The number of rotatable bonds is 5. The van der Waals surface area contributed by atoms with Crippen LogP contribution in [0.4, 0.5) is 0 Å². The van der Waals surface area contributed by atoms with E-state index in [9.17, 15) is 4.79 Å². The molecule has 0 saturated heterocycles. The molecule has 1 aromatic carbocycles. The molecule has 2 rings (SSSR count). The van der Waals surface area contributed by atoms with Crippen LogP contribution in [0.5, 0.6) is 0 Å². The average Bonchev–Trinajstić information content (AvgIpc) is 2.95. The molecular formula is C16H18ClNO3. The number of amides is 1. The van der Waals surface area contributed by atoms with Crippen molar-refractivity contribution in [3.8, 4) is 0 Å². The molecule has 0 saturated carbocycles. The van der Waals surface area contributed by atoms with Crippen LogP contribution in [0.1, 0.15) is 34.8 Å². The number of nitrogens with zero attached hydrogens (tertiary/aromatic N) is 1. The summed E-state index contributed by atoms with van der Waals surface area (Å²) in [6, 6.07) is 10.8. The number of carbonyl (C=O) groups excluding carboxylic acids is 1. The first-order chi connectivity index (χ1) is 10.0. The van der Waals surface area contributed by atoms with Crippen molar-refractivity contribution in [2.24, 2.45) is 0 Å². The fourth-order valence-electron chi connectivity index (χ4n) is 2.03. The second-order valence-corrected chi connectivity index (χ2v) is 5.28. The molecule has 1 heterocycles. The van der Waals surface area contributed by atoms with Gasteiger partial charge in [-0.1, -0.05) is 23.7 Å². The molecule has 112 valence electrons. The van der Waals surface area contributed by atoms with E-state index in [4.69, 9.17) is 20.8 Å². The first-order valence-electron chi connectivity index (χ1n) is 6.63. The maximum Gasteiger partial charge on any atom is 0.289 e.